The first-order valence-electron chi connectivity index (χ1n) is 8.43. The Balaban J connectivity index is 2.00. The van der Waals surface area contributed by atoms with Crippen LogP contribution in [0.4, 0.5) is 0 Å². The molecule has 1 aliphatic heterocycles. The standard InChI is InChI=1S/C21H20ClN3/c1-20(2)18-14(9-7-10-15(18)22)19(23-21(20,3)4)17-12-13-8-5-6-11-16(13)24-25-17/h5-12H,1-4H3. The lowest BCUT2D eigenvalue weighted by Crippen LogP contribution is -2.46. The van der Waals surface area contributed by atoms with E-state index in [1.165, 1.54) is 0 Å². The fourth-order valence-corrected chi connectivity index (χ4v) is 3.85. The summed E-state index contributed by atoms with van der Waals surface area (Å²) in [5.41, 5.74) is 4.20. The molecule has 0 amide bonds. The summed E-state index contributed by atoms with van der Waals surface area (Å²) < 4.78 is 0. The predicted octanol–water partition coefficient (Wildman–Crippen LogP) is 5.19. The minimum Gasteiger partial charge on any atom is -0.275 e. The molecule has 2 aromatic carbocycles. The van der Waals surface area contributed by atoms with Crippen molar-refractivity contribution in [2.45, 2.75) is 38.6 Å². The van der Waals surface area contributed by atoms with E-state index in [-0.39, 0.29) is 11.0 Å². The summed E-state index contributed by atoms with van der Waals surface area (Å²) in [5.74, 6) is 0. The smallest absolute Gasteiger partial charge is 0.112 e. The predicted molar refractivity (Wildman–Crippen MR) is 104 cm³/mol. The van der Waals surface area contributed by atoms with Crippen molar-refractivity contribution in [1.82, 2.24) is 10.2 Å². The fraction of sp³-hybridized carbons (Fsp3) is 0.286. The lowest BCUT2D eigenvalue weighted by Gasteiger charge is -2.44. The monoisotopic (exact) mass is 349 g/mol. The second kappa shape index (κ2) is 5.37. The van der Waals surface area contributed by atoms with Crippen LogP contribution in [-0.2, 0) is 5.41 Å². The van der Waals surface area contributed by atoms with Gasteiger partial charge in [-0.05, 0) is 37.6 Å². The van der Waals surface area contributed by atoms with E-state index in [2.05, 4.69) is 50.0 Å². The van der Waals surface area contributed by atoms with Crippen molar-refractivity contribution in [2.75, 3.05) is 0 Å². The number of rotatable bonds is 1. The SMILES string of the molecule is CC1(C)N=C(c2cc3ccccc3nn2)c2cccc(Cl)c2C1(C)C. The number of aliphatic imine (C=N–C) groups is 1. The van der Waals surface area contributed by atoms with Gasteiger partial charge in [0.25, 0.3) is 0 Å². The second-order valence-corrected chi connectivity index (χ2v) is 8.00. The molecule has 0 N–H and O–H groups in total. The normalized spacial score (nSPS) is 17.9. The third kappa shape index (κ3) is 2.37. The van der Waals surface area contributed by atoms with Gasteiger partial charge in [0, 0.05) is 21.4 Å². The first kappa shape index (κ1) is 16.2. The third-order valence-corrected chi connectivity index (χ3v) is 5.87. The van der Waals surface area contributed by atoms with Crippen molar-refractivity contribution in [3.8, 4) is 0 Å². The zero-order valence-electron chi connectivity index (χ0n) is 14.8. The summed E-state index contributed by atoms with van der Waals surface area (Å²) >= 11 is 6.61. The van der Waals surface area contributed by atoms with Gasteiger partial charge in [-0.25, -0.2) is 0 Å². The quantitative estimate of drug-likeness (QED) is 0.606. The summed E-state index contributed by atoms with van der Waals surface area (Å²) in [4.78, 5) is 5.08. The number of halogens is 1. The Kier molecular flexibility index (Phi) is 3.48. The van der Waals surface area contributed by atoms with Gasteiger partial charge in [0.2, 0.25) is 0 Å². The molecule has 4 rings (SSSR count). The van der Waals surface area contributed by atoms with Crippen molar-refractivity contribution >= 4 is 28.2 Å². The van der Waals surface area contributed by atoms with E-state index in [1.807, 2.05) is 36.4 Å². The molecule has 0 saturated carbocycles. The summed E-state index contributed by atoms with van der Waals surface area (Å²) in [6.45, 7) is 8.69. The molecule has 1 aliphatic rings. The van der Waals surface area contributed by atoms with Crippen LogP contribution >= 0.6 is 11.6 Å². The first-order chi connectivity index (χ1) is 11.8. The summed E-state index contributed by atoms with van der Waals surface area (Å²) in [6, 6.07) is 16.0. The topological polar surface area (TPSA) is 38.1 Å². The van der Waals surface area contributed by atoms with E-state index < -0.39 is 0 Å². The van der Waals surface area contributed by atoms with Crippen molar-refractivity contribution in [3.63, 3.8) is 0 Å². The first-order valence-corrected chi connectivity index (χ1v) is 8.81. The zero-order chi connectivity index (χ0) is 17.8. The summed E-state index contributed by atoms with van der Waals surface area (Å²) in [7, 11) is 0. The minimum atomic E-state index is -0.312. The average molecular weight is 350 g/mol. The Morgan fingerprint density at radius 3 is 2.44 bits per heavy atom. The summed E-state index contributed by atoms with van der Waals surface area (Å²) in [6.07, 6.45) is 0. The number of aromatic nitrogens is 2. The van der Waals surface area contributed by atoms with Crippen LogP contribution in [-0.4, -0.2) is 21.4 Å². The largest absolute Gasteiger partial charge is 0.275 e. The van der Waals surface area contributed by atoms with Crippen LogP contribution in [0.1, 0.15) is 44.5 Å². The number of hydrogen-bond donors (Lipinski definition) is 0. The minimum absolute atomic E-state index is 0.186. The van der Waals surface area contributed by atoms with Crippen LogP contribution < -0.4 is 0 Å². The van der Waals surface area contributed by atoms with Crippen LogP contribution in [0.3, 0.4) is 0 Å². The Labute approximate surface area is 152 Å². The number of benzene rings is 2. The highest BCUT2D eigenvalue weighted by atomic mass is 35.5. The highest BCUT2D eigenvalue weighted by Gasteiger charge is 2.45. The maximum Gasteiger partial charge on any atom is 0.112 e. The van der Waals surface area contributed by atoms with Gasteiger partial charge >= 0.3 is 0 Å². The molecule has 3 nitrogen and oxygen atoms in total. The number of fused-ring (bicyclic) bond motifs is 2. The van der Waals surface area contributed by atoms with Gasteiger partial charge in [0.1, 0.15) is 5.69 Å². The molecule has 0 aliphatic carbocycles. The van der Waals surface area contributed by atoms with E-state index in [9.17, 15) is 0 Å². The number of hydrogen-bond acceptors (Lipinski definition) is 3. The Hall–Kier alpha value is -2.26. The van der Waals surface area contributed by atoms with E-state index in [4.69, 9.17) is 16.6 Å². The van der Waals surface area contributed by atoms with E-state index in [1.54, 1.807) is 0 Å². The molecule has 1 aromatic heterocycles. The van der Waals surface area contributed by atoms with Crippen LogP contribution in [0.15, 0.2) is 53.5 Å². The van der Waals surface area contributed by atoms with Crippen LogP contribution in [0.25, 0.3) is 10.9 Å². The Morgan fingerprint density at radius 1 is 0.880 bits per heavy atom. The third-order valence-electron chi connectivity index (χ3n) is 5.55. The Bertz CT molecular complexity index is 1020. The maximum absolute atomic E-state index is 6.61. The molecule has 0 radical (unpaired) electrons. The lowest BCUT2D eigenvalue weighted by molar-refractivity contribution is 0.303. The number of nitrogens with zero attached hydrogens (tertiary/aromatic N) is 3. The molecular formula is C21H20ClN3. The van der Waals surface area contributed by atoms with Gasteiger partial charge in [-0.15, -0.1) is 10.2 Å². The van der Waals surface area contributed by atoms with Crippen molar-refractivity contribution in [3.05, 3.63) is 70.4 Å². The molecule has 0 fully saturated rings. The molecule has 0 bridgehead atoms. The van der Waals surface area contributed by atoms with Crippen LogP contribution in [0.2, 0.25) is 5.02 Å². The molecule has 0 saturated heterocycles. The molecule has 2 heterocycles. The van der Waals surface area contributed by atoms with Gasteiger partial charge in [-0.3, -0.25) is 4.99 Å². The lowest BCUT2D eigenvalue weighted by atomic mass is 9.66. The fourth-order valence-electron chi connectivity index (χ4n) is 3.44. The van der Waals surface area contributed by atoms with E-state index in [0.717, 1.165) is 38.5 Å². The molecule has 0 unspecified atom stereocenters. The Morgan fingerprint density at radius 2 is 1.64 bits per heavy atom. The molecule has 0 spiro atoms. The van der Waals surface area contributed by atoms with Gasteiger partial charge in [-0.2, -0.15) is 0 Å². The van der Waals surface area contributed by atoms with Crippen molar-refractivity contribution < 1.29 is 0 Å². The van der Waals surface area contributed by atoms with Crippen molar-refractivity contribution in [1.29, 1.82) is 0 Å². The molecule has 4 heteroatoms. The summed E-state index contributed by atoms with van der Waals surface area (Å²) in [5, 5.41) is 10.7. The highest BCUT2D eigenvalue weighted by molar-refractivity contribution is 6.32. The molecular weight excluding hydrogens is 330 g/mol. The van der Waals surface area contributed by atoms with Gasteiger partial charge in [-0.1, -0.05) is 55.8 Å². The van der Waals surface area contributed by atoms with Gasteiger partial charge in [0.05, 0.1) is 16.8 Å². The highest BCUT2D eigenvalue weighted by Crippen LogP contribution is 2.46. The van der Waals surface area contributed by atoms with Crippen LogP contribution in [0.5, 0.6) is 0 Å². The van der Waals surface area contributed by atoms with E-state index in [0.29, 0.717) is 0 Å². The molecule has 25 heavy (non-hydrogen) atoms. The molecule has 0 atom stereocenters. The second-order valence-electron chi connectivity index (χ2n) is 7.60. The van der Waals surface area contributed by atoms with Gasteiger partial charge < -0.3 is 0 Å². The molecule has 3 aromatic rings. The van der Waals surface area contributed by atoms with Gasteiger partial charge in [0.15, 0.2) is 0 Å². The maximum atomic E-state index is 6.61. The molecule has 126 valence electrons. The van der Waals surface area contributed by atoms with Crippen LogP contribution in [0, 0.1) is 0 Å². The van der Waals surface area contributed by atoms with E-state index >= 15 is 0 Å². The van der Waals surface area contributed by atoms with Crippen molar-refractivity contribution in [2.24, 2.45) is 4.99 Å². The average Bonchev–Trinajstić information content (AvgIpc) is 2.58. The zero-order valence-corrected chi connectivity index (χ0v) is 15.6.